The average Bonchev–Trinajstić information content (AvgIpc) is 2.46. The van der Waals surface area contributed by atoms with E-state index in [0.717, 1.165) is 5.56 Å². The summed E-state index contributed by atoms with van der Waals surface area (Å²) < 4.78 is 10.7. The molecule has 0 saturated carbocycles. The van der Waals surface area contributed by atoms with Crippen molar-refractivity contribution in [3.8, 4) is 11.5 Å². The van der Waals surface area contributed by atoms with Gasteiger partial charge in [-0.3, -0.25) is 0 Å². The molecule has 0 aliphatic heterocycles. The Kier molecular flexibility index (Phi) is 4.44. The number of hydrogen-bond acceptors (Lipinski definition) is 4. The summed E-state index contributed by atoms with van der Waals surface area (Å²) in [7, 11) is -0.0752. The summed E-state index contributed by atoms with van der Waals surface area (Å²) in [5.41, 5.74) is 1.30. The van der Waals surface area contributed by atoms with Gasteiger partial charge in [0.1, 0.15) is 18.1 Å². The molecule has 0 saturated heterocycles. The number of methoxy groups -OCH3 is 1. The largest absolute Gasteiger partial charge is 0.497 e. The highest BCUT2D eigenvalue weighted by atomic mass is 16.5. The maximum absolute atomic E-state index is 9.34. The second kappa shape index (κ2) is 6.27. The quantitative estimate of drug-likeness (QED) is 0.784. The van der Waals surface area contributed by atoms with Crippen LogP contribution in [0.1, 0.15) is 5.56 Å². The van der Waals surface area contributed by atoms with Gasteiger partial charge in [-0.2, -0.15) is 0 Å². The van der Waals surface area contributed by atoms with Crippen molar-refractivity contribution < 1.29 is 19.5 Å². The van der Waals surface area contributed by atoms with Crippen molar-refractivity contribution >= 4 is 12.6 Å². The Morgan fingerprint density at radius 2 is 1.79 bits per heavy atom. The van der Waals surface area contributed by atoms with Crippen LogP contribution in [0.5, 0.6) is 11.5 Å². The van der Waals surface area contributed by atoms with Crippen molar-refractivity contribution in [2.75, 3.05) is 7.11 Å². The monoisotopic (exact) mass is 258 g/mol. The first-order valence-electron chi connectivity index (χ1n) is 5.91. The Morgan fingerprint density at radius 1 is 1.05 bits per heavy atom. The van der Waals surface area contributed by atoms with E-state index < -0.39 is 7.12 Å². The van der Waals surface area contributed by atoms with Gasteiger partial charge in [-0.25, -0.2) is 0 Å². The second-order valence-corrected chi connectivity index (χ2v) is 4.05. The molecule has 0 amide bonds. The molecule has 2 aromatic carbocycles. The number of benzene rings is 2. The molecule has 2 N–H and O–H groups in total. The molecule has 2 aromatic rings. The maximum atomic E-state index is 9.34. The van der Waals surface area contributed by atoms with E-state index in [4.69, 9.17) is 9.47 Å². The molecule has 0 fully saturated rings. The highest BCUT2D eigenvalue weighted by molar-refractivity contribution is 6.59. The Hall–Kier alpha value is -1.98. The summed E-state index contributed by atoms with van der Waals surface area (Å²) in [5, 5.41) is 18.7. The van der Waals surface area contributed by atoms with Crippen molar-refractivity contribution in [3.05, 3.63) is 54.1 Å². The predicted molar refractivity (Wildman–Crippen MR) is 73.6 cm³/mol. The Balaban J connectivity index is 2.15. The Labute approximate surface area is 112 Å². The van der Waals surface area contributed by atoms with Crippen molar-refractivity contribution in [2.45, 2.75) is 6.61 Å². The van der Waals surface area contributed by atoms with Crippen LogP contribution in [0.4, 0.5) is 0 Å². The third-order valence-corrected chi connectivity index (χ3v) is 2.73. The molecule has 0 unspecified atom stereocenters. The fourth-order valence-electron chi connectivity index (χ4n) is 1.72. The summed E-state index contributed by atoms with van der Waals surface area (Å²) in [6.07, 6.45) is 0. The zero-order valence-electron chi connectivity index (χ0n) is 10.6. The molecule has 0 aliphatic rings. The van der Waals surface area contributed by atoms with Crippen molar-refractivity contribution in [1.82, 2.24) is 0 Å². The predicted octanol–water partition coefficient (Wildman–Crippen LogP) is 0.954. The normalized spacial score (nSPS) is 10.1. The lowest BCUT2D eigenvalue weighted by molar-refractivity contribution is 0.306. The fraction of sp³-hybridized carbons (Fsp3) is 0.143. The van der Waals surface area contributed by atoms with Crippen LogP contribution in [0.25, 0.3) is 0 Å². The van der Waals surface area contributed by atoms with E-state index in [0.29, 0.717) is 18.1 Å². The van der Waals surface area contributed by atoms with Gasteiger partial charge >= 0.3 is 7.12 Å². The molecular weight excluding hydrogens is 243 g/mol. The zero-order valence-corrected chi connectivity index (χ0v) is 10.6. The minimum atomic E-state index is -1.60. The van der Waals surface area contributed by atoms with Gasteiger partial charge in [-0.05, 0) is 23.8 Å². The number of ether oxygens (including phenoxy) is 2. The first kappa shape index (κ1) is 13.5. The van der Waals surface area contributed by atoms with Crippen LogP contribution in [-0.2, 0) is 6.61 Å². The van der Waals surface area contributed by atoms with E-state index in [1.807, 2.05) is 30.3 Å². The summed E-state index contributed by atoms with van der Waals surface area (Å²) in [6.45, 7) is 0.368. The summed E-state index contributed by atoms with van der Waals surface area (Å²) in [5.74, 6) is 0.981. The minimum absolute atomic E-state index is 0.287. The van der Waals surface area contributed by atoms with Gasteiger partial charge in [-0.1, -0.05) is 30.3 Å². The highest BCUT2D eigenvalue weighted by Gasteiger charge is 2.18. The van der Waals surface area contributed by atoms with E-state index in [1.54, 1.807) is 18.2 Å². The first-order chi connectivity index (χ1) is 9.20. The molecule has 4 nitrogen and oxygen atoms in total. The zero-order chi connectivity index (χ0) is 13.7. The van der Waals surface area contributed by atoms with Crippen LogP contribution in [0.2, 0.25) is 0 Å². The van der Waals surface area contributed by atoms with Gasteiger partial charge in [0.2, 0.25) is 0 Å². The standard InChI is InChI=1S/C14H15BO4/c1-18-12-7-8-14(13(9-12)15(16)17)19-10-11-5-3-2-4-6-11/h2-9,16-17H,10H2,1H3. The molecule has 98 valence electrons. The summed E-state index contributed by atoms with van der Waals surface area (Å²) in [4.78, 5) is 0. The molecule has 0 atom stereocenters. The van der Waals surface area contributed by atoms with Crippen LogP contribution in [0, 0.1) is 0 Å². The lowest BCUT2D eigenvalue weighted by atomic mass is 9.79. The van der Waals surface area contributed by atoms with Crippen LogP contribution in [0.15, 0.2) is 48.5 Å². The van der Waals surface area contributed by atoms with E-state index in [-0.39, 0.29) is 5.46 Å². The van der Waals surface area contributed by atoms with Gasteiger partial charge in [0.05, 0.1) is 7.11 Å². The third-order valence-electron chi connectivity index (χ3n) is 2.73. The second-order valence-electron chi connectivity index (χ2n) is 4.05. The summed E-state index contributed by atoms with van der Waals surface area (Å²) >= 11 is 0. The Bertz CT molecular complexity index is 528. The highest BCUT2D eigenvalue weighted by Crippen LogP contribution is 2.17. The van der Waals surface area contributed by atoms with Gasteiger partial charge in [-0.15, -0.1) is 0 Å². The fourth-order valence-corrected chi connectivity index (χ4v) is 1.72. The summed E-state index contributed by atoms with van der Waals surface area (Å²) in [6, 6.07) is 14.6. The molecule has 0 radical (unpaired) electrons. The van der Waals surface area contributed by atoms with Crippen LogP contribution in [-0.4, -0.2) is 24.3 Å². The lowest BCUT2D eigenvalue weighted by Crippen LogP contribution is -2.31. The third kappa shape index (κ3) is 3.50. The molecule has 0 spiro atoms. The molecule has 0 heterocycles. The van der Waals surface area contributed by atoms with Crippen molar-refractivity contribution in [3.63, 3.8) is 0 Å². The molecule has 19 heavy (non-hydrogen) atoms. The van der Waals surface area contributed by atoms with Crippen LogP contribution >= 0.6 is 0 Å². The van der Waals surface area contributed by atoms with Gasteiger partial charge in [0.15, 0.2) is 0 Å². The smallest absolute Gasteiger partial charge is 0.492 e. The number of rotatable bonds is 5. The molecular formula is C14H15BO4. The van der Waals surface area contributed by atoms with E-state index >= 15 is 0 Å². The molecule has 5 heteroatoms. The average molecular weight is 258 g/mol. The van der Waals surface area contributed by atoms with Gasteiger partial charge in [0.25, 0.3) is 0 Å². The van der Waals surface area contributed by atoms with Gasteiger partial charge < -0.3 is 19.5 Å². The first-order valence-corrected chi connectivity index (χ1v) is 5.91. The van der Waals surface area contributed by atoms with Crippen molar-refractivity contribution in [2.24, 2.45) is 0 Å². The van der Waals surface area contributed by atoms with Crippen molar-refractivity contribution in [1.29, 1.82) is 0 Å². The Morgan fingerprint density at radius 3 is 2.42 bits per heavy atom. The molecule has 0 bridgehead atoms. The topological polar surface area (TPSA) is 58.9 Å². The molecule has 2 rings (SSSR count). The lowest BCUT2D eigenvalue weighted by Gasteiger charge is -2.12. The molecule has 0 aromatic heterocycles. The SMILES string of the molecule is COc1ccc(OCc2ccccc2)c(B(O)O)c1. The molecule has 0 aliphatic carbocycles. The maximum Gasteiger partial charge on any atom is 0.492 e. The van der Waals surface area contributed by atoms with Gasteiger partial charge in [0, 0.05) is 5.46 Å². The number of hydrogen-bond donors (Lipinski definition) is 2. The van der Waals surface area contributed by atoms with Crippen LogP contribution in [0.3, 0.4) is 0 Å². The van der Waals surface area contributed by atoms with E-state index in [1.165, 1.54) is 7.11 Å². The van der Waals surface area contributed by atoms with Crippen LogP contribution < -0.4 is 14.9 Å². The minimum Gasteiger partial charge on any atom is -0.497 e. The van der Waals surface area contributed by atoms with E-state index in [9.17, 15) is 10.0 Å². The van der Waals surface area contributed by atoms with E-state index in [2.05, 4.69) is 0 Å².